The Kier molecular flexibility index (Phi) is 4.90. The Hall–Kier alpha value is -2.24. The average molecular weight is 299 g/mol. The lowest BCUT2D eigenvalue weighted by atomic mass is 9.93. The van der Waals surface area contributed by atoms with Crippen LogP contribution in [0, 0.1) is 0 Å². The van der Waals surface area contributed by atoms with Crippen LogP contribution in [0.2, 0.25) is 0 Å². The summed E-state index contributed by atoms with van der Waals surface area (Å²) in [6.45, 7) is 5.94. The van der Waals surface area contributed by atoms with Gasteiger partial charge in [0.05, 0.1) is 5.69 Å². The molecule has 2 N–H and O–H groups in total. The maximum atomic E-state index is 11.8. The molecular weight excluding hydrogens is 277 g/mol. The van der Waals surface area contributed by atoms with E-state index < -0.39 is 11.7 Å². The van der Waals surface area contributed by atoms with Crippen LogP contribution in [0.4, 0.5) is 4.79 Å². The van der Waals surface area contributed by atoms with E-state index in [0.717, 1.165) is 23.1 Å². The van der Waals surface area contributed by atoms with Crippen molar-refractivity contribution >= 4 is 13.9 Å². The standard InChI is InChI=1S/C16H22BN3O2/c1-16(2,3)22-15(21)18-10-12-5-4-11(9-17)8-13(12)14-6-7-19-20-14/h4-8H,9-10,17H2,1-3H3,(H,18,21)(H,19,20). The molecule has 2 aromatic rings. The smallest absolute Gasteiger partial charge is 0.407 e. The van der Waals surface area contributed by atoms with E-state index in [0.29, 0.717) is 6.54 Å². The van der Waals surface area contributed by atoms with Crippen LogP contribution >= 0.6 is 0 Å². The summed E-state index contributed by atoms with van der Waals surface area (Å²) >= 11 is 0. The zero-order valence-corrected chi connectivity index (χ0v) is 13.6. The Labute approximate surface area is 131 Å². The maximum Gasteiger partial charge on any atom is 0.407 e. The second kappa shape index (κ2) is 6.68. The number of aromatic amines is 1. The summed E-state index contributed by atoms with van der Waals surface area (Å²) in [5.41, 5.74) is 3.64. The molecule has 0 radical (unpaired) electrons. The summed E-state index contributed by atoms with van der Waals surface area (Å²) in [7, 11) is 2.11. The van der Waals surface area contributed by atoms with Gasteiger partial charge < -0.3 is 10.1 Å². The number of nitrogens with zero attached hydrogens (tertiary/aromatic N) is 1. The molecular formula is C16H22BN3O2. The van der Waals surface area contributed by atoms with Crippen LogP contribution in [0.3, 0.4) is 0 Å². The Morgan fingerprint density at radius 3 is 2.73 bits per heavy atom. The van der Waals surface area contributed by atoms with Crippen molar-refractivity contribution in [3.63, 3.8) is 0 Å². The first-order valence-corrected chi connectivity index (χ1v) is 7.48. The van der Waals surface area contributed by atoms with Gasteiger partial charge in [0.25, 0.3) is 0 Å². The number of carbonyl (C=O) groups is 1. The molecule has 1 aromatic carbocycles. The van der Waals surface area contributed by atoms with E-state index in [1.807, 2.05) is 32.9 Å². The molecule has 22 heavy (non-hydrogen) atoms. The summed E-state index contributed by atoms with van der Waals surface area (Å²) in [5.74, 6) is 0. The van der Waals surface area contributed by atoms with Crippen LogP contribution < -0.4 is 5.32 Å². The van der Waals surface area contributed by atoms with E-state index in [4.69, 9.17) is 4.74 Å². The first-order valence-electron chi connectivity index (χ1n) is 7.48. The van der Waals surface area contributed by atoms with E-state index in [1.165, 1.54) is 5.56 Å². The lowest BCUT2D eigenvalue weighted by Gasteiger charge is -2.20. The van der Waals surface area contributed by atoms with Crippen molar-refractivity contribution in [2.45, 2.75) is 39.2 Å². The van der Waals surface area contributed by atoms with Crippen LogP contribution in [0.15, 0.2) is 30.5 Å². The second-order valence-corrected chi connectivity index (χ2v) is 6.16. The molecule has 0 aliphatic heterocycles. The average Bonchev–Trinajstić information content (AvgIpc) is 2.97. The topological polar surface area (TPSA) is 67.0 Å². The molecule has 116 valence electrons. The summed E-state index contributed by atoms with van der Waals surface area (Å²) in [6, 6.07) is 8.14. The van der Waals surface area contributed by atoms with Crippen molar-refractivity contribution in [3.05, 3.63) is 41.6 Å². The number of benzene rings is 1. The van der Waals surface area contributed by atoms with Gasteiger partial charge in [0.15, 0.2) is 0 Å². The Morgan fingerprint density at radius 1 is 1.36 bits per heavy atom. The minimum absolute atomic E-state index is 0.404. The minimum atomic E-state index is -0.499. The molecule has 1 heterocycles. The zero-order chi connectivity index (χ0) is 16.2. The van der Waals surface area contributed by atoms with Crippen LogP contribution in [-0.4, -0.2) is 29.7 Å². The summed E-state index contributed by atoms with van der Waals surface area (Å²) in [6.07, 6.45) is 2.33. The number of ether oxygens (including phenoxy) is 1. The third-order valence-electron chi connectivity index (χ3n) is 3.18. The fraction of sp³-hybridized carbons (Fsp3) is 0.375. The van der Waals surface area contributed by atoms with Crippen molar-refractivity contribution < 1.29 is 9.53 Å². The van der Waals surface area contributed by atoms with Gasteiger partial charge in [0.1, 0.15) is 13.4 Å². The summed E-state index contributed by atoms with van der Waals surface area (Å²) < 4.78 is 5.26. The molecule has 6 heteroatoms. The molecule has 0 saturated heterocycles. The van der Waals surface area contributed by atoms with Crippen LogP contribution in [0.1, 0.15) is 31.9 Å². The van der Waals surface area contributed by atoms with Gasteiger partial charge in [-0.25, -0.2) is 4.79 Å². The first kappa shape index (κ1) is 16.1. The van der Waals surface area contributed by atoms with Gasteiger partial charge in [-0.2, -0.15) is 5.10 Å². The summed E-state index contributed by atoms with van der Waals surface area (Å²) in [4.78, 5) is 11.8. The largest absolute Gasteiger partial charge is 0.444 e. The third kappa shape index (κ3) is 4.38. The van der Waals surface area contributed by atoms with E-state index in [-0.39, 0.29) is 0 Å². The number of hydrogen-bond acceptors (Lipinski definition) is 3. The molecule has 1 amide bonds. The van der Waals surface area contributed by atoms with E-state index >= 15 is 0 Å². The highest BCUT2D eigenvalue weighted by Gasteiger charge is 2.16. The fourth-order valence-electron chi connectivity index (χ4n) is 2.13. The van der Waals surface area contributed by atoms with E-state index in [1.54, 1.807) is 6.20 Å². The van der Waals surface area contributed by atoms with Crippen LogP contribution in [0.5, 0.6) is 0 Å². The van der Waals surface area contributed by atoms with Gasteiger partial charge in [0.2, 0.25) is 0 Å². The molecule has 0 saturated carbocycles. The monoisotopic (exact) mass is 299 g/mol. The lowest BCUT2D eigenvalue weighted by molar-refractivity contribution is 0.0523. The molecule has 0 spiro atoms. The van der Waals surface area contributed by atoms with Gasteiger partial charge in [0, 0.05) is 18.3 Å². The number of alkyl carbamates (subject to hydrolysis) is 1. The molecule has 0 aliphatic carbocycles. The molecule has 0 aliphatic rings. The predicted molar refractivity (Wildman–Crippen MR) is 89.3 cm³/mol. The number of H-pyrrole nitrogens is 1. The summed E-state index contributed by atoms with van der Waals surface area (Å²) in [5, 5.41) is 9.86. The van der Waals surface area contributed by atoms with Gasteiger partial charge in [-0.05, 0) is 38.5 Å². The molecule has 1 aromatic heterocycles. The van der Waals surface area contributed by atoms with Gasteiger partial charge in [-0.1, -0.05) is 24.0 Å². The van der Waals surface area contributed by atoms with E-state index in [2.05, 4.69) is 35.5 Å². The van der Waals surface area contributed by atoms with E-state index in [9.17, 15) is 4.79 Å². The number of rotatable bonds is 4. The zero-order valence-electron chi connectivity index (χ0n) is 13.6. The van der Waals surface area contributed by atoms with Crippen LogP contribution in [-0.2, 0) is 17.6 Å². The third-order valence-corrected chi connectivity index (χ3v) is 3.18. The fourth-order valence-corrected chi connectivity index (χ4v) is 2.13. The Bertz CT molecular complexity index is 633. The molecule has 5 nitrogen and oxygen atoms in total. The predicted octanol–water partition coefficient (Wildman–Crippen LogP) is 2.23. The number of aromatic nitrogens is 2. The highest BCUT2D eigenvalue weighted by molar-refractivity contribution is 6.08. The van der Waals surface area contributed by atoms with Crippen molar-refractivity contribution in [3.8, 4) is 11.3 Å². The van der Waals surface area contributed by atoms with Gasteiger partial charge in [-0.15, -0.1) is 0 Å². The molecule has 0 unspecified atom stereocenters. The lowest BCUT2D eigenvalue weighted by Crippen LogP contribution is -2.32. The molecule has 0 bridgehead atoms. The number of nitrogens with one attached hydrogen (secondary N) is 2. The first-order chi connectivity index (χ1) is 10.4. The quantitative estimate of drug-likeness (QED) is 0.851. The Balaban J connectivity index is 2.15. The van der Waals surface area contributed by atoms with Gasteiger partial charge in [-0.3, -0.25) is 5.10 Å². The number of amides is 1. The van der Waals surface area contributed by atoms with Gasteiger partial charge >= 0.3 is 6.09 Å². The van der Waals surface area contributed by atoms with Crippen molar-refractivity contribution in [2.24, 2.45) is 0 Å². The number of carbonyl (C=O) groups excluding carboxylic acids is 1. The molecule has 0 fully saturated rings. The molecule has 0 atom stereocenters. The SMILES string of the molecule is BCc1ccc(CNC(=O)OC(C)(C)C)c(-c2cc[nH]n2)c1. The minimum Gasteiger partial charge on any atom is -0.444 e. The highest BCUT2D eigenvalue weighted by Crippen LogP contribution is 2.23. The van der Waals surface area contributed by atoms with Crippen LogP contribution in [0.25, 0.3) is 11.3 Å². The van der Waals surface area contributed by atoms with Crippen molar-refractivity contribution in [1.29, 1.82) is 0 Å². The molecule has 2 rings (SSSR count). The van der Waals surface area contributed by atoms with Crippen molar-refractivity contribution in [1.82, 2.24) is 15.5 Å². The normalized spacial score (nSPS) is 11.2. The van der Waals surface area contributed by atoms with Crippen molar-refractivity contribution in [2.75, 3.05) is 0 Å². The highest BCUT2D eigenvalue weighted by atomic mass is 16.6. The maximum absolute atomic E-state index is 11.8. The second-order valence-electron chi connectivity index (χ2n) is 6.16. The Morgan fingerprint density at radius 2 is 2.14 bits per heavy atom. The number of hydrogen-bond donors (Lipinski definition) is 2.